The van der Waals surface area contributed by atoms with Crippen molar-refractivity contribution < 1.29 is 5.11 Å². The molecule has 0 rings (SSSR count). The van der Waals surface area contributed by atoms with Crippen LogP contribution in [-0.2, 0) is 0 Å². The molecule has 0 heterocycles. The molecule has 0 radical (unpaired) electrons. The van der Waals surface area contributed by atoms with E-state index in [4.69, 9.17) is 0 Å². The van der Waals surface area contributed by atoms with Crippen molar-refractivity contribution in [3.8, 4) is 0 Å². The van der Waals surface area contributed by atoms with Gasteiger partial charge in [-0.15, -0.1) is 0 Å². The molecule has 2 atom stereocenters. The maximum Gasteiger partial charge on any atom is 0.105 e. The lowest BCUT2D eigenvalue weighted by Gasteiger charge is -2.17. The first-order valence-electron chi connectivity index (χ1n) is 4.64. The first-order chi connectivity index (χ1) is 5.20. The van der Waals surface area contributed by atoms with Gasteiger partial charge in [0, 0.05) is 6.04 Å². The first-order valence-corrected chi connectivity index (χ1v) is 4.64. The number of hydrogen-bond donors (Lipinski definition) is 2. The Labute approximate surface area is 70.0 Å². The van der Waals surface area contributed by atoms with Gasteiger partial charge in [0.2, 0.25) is 0 Å². The standard InChI is InChI=1S/C9H21NO/c1-4-6-8(3)10-9(11)7-5-2/h8-11H,4-7H2,1-3H3. The summed E-state index contributed by atoms with van der Waals surface area (Å²) in [6, 6.07) is 0.446. The Hall–Kier alpha value is -0.0800. The average molecular weight is 159 g/mol. The van der Waals surface area contributed by atoms with Crippen molar-refractivity contribution in [1.29, 1.82) is 0 Å². The van der Waals surface area contributed by atoms with Gasteiger partial charge < -0.3 is 5.11 Å². The van der Waals surface area contributed by atoms with Crippen LogP contribution in [0.2, 0.25) is 0 Å². The van der Waals surface area contributed by atoms with Crippen LogP contribution in [0.15, 0.2) is 0 Å². The summed E-state index contributed by atoms with van der Waals surface area (Å²) in [7, 11) is 0. The fraction of sp³-hybridized carbons (Fsp3) is 1.00. The Kier molecular flexibility index (Phi) is 6.57. The molecule has 0 saturated carbocycles. The lowest BCUT2D eigenvalue weighted by Crippen LogP contribution is -2.36. The van der Waals surface area contributed by atoms with E-state index in [0.29, 0.717) is 6.04 Å². The van der Waals surface area contributed by atoms with Crippen molar-refractivity contribution in [1.82, 2.24) is 5.32 Å². The molecule has 0 aliphatic carbocycles. The molecular formula is C9H21NO. The Morgan fingerprint density at radius 3 is 2.18 bits per heavy atom. The van der Waals surface area contributed by atoms with Crippen LogP contribution in [0.1, 0.15) is 46.5 Å². The third kappa shape index (κ3) is 6.32. The van der Waals surface area contributed by atoms with Crippen molar-refractivity contribution in [3.05, 3.63) is 0 Å². The van der Waals surface area contributed by atoms with Gasteiger partial charge in [0.25, 0.3) is 0 Å². The third-order valence-electron chi connectivity index (χ3n) is 1.76. The van der Waals surface area contributed by atoms with E-state index in [2.05, 4.69) is 26.1 Å². The average Bonchev–Trinajstić information content (AvgIpc) is 1.87. The quantitative estimate of drug-likeness (QED) is 0.580. The topological polar surface area (TPSA) is 32.3 Å². The second kappa shape index (κ2) is 6.62. The summed E-state index contributed by atoms with van der Waals surface area (Å²) in [4.78, 5) is 0. The van der Waals surface area contributed by atoms with E-state index in [1.54, 1.807) is 0 Å². The molecule has 11 heavy (non-hydrogen) atoms. The van der Waals surface area contributed by atoms with E-state index in [-0.39, 0.29) is 6.23 Å². The van der Waals surface area contributed by atoms with Gasteiger partial charge in [-0.25, -0.2) is 0 Å². The summed E-state index contributed by atoms with van der Waals surface area (Å²) in [5, 5.41) is 12.5. The maximum absolute atomic E-state index is 9.34. The van der Waals surface area contributed by atoms with Gasteiger partial charge in [0.05, 0.1) is 0 Å². The molecule has 68 valence electrons. The second-order valence-electron chi connectivity index (χ2n) is 3.16. The monoisotopic (exact) mass is 159 g/mol. The number of hydrogen-bond acceptors (Lipinski definition) is 2. The van der Waals surface area contributed by atoms with E-state index in [1.807, 2.05) is 0 Å². The van der Waals surface area contributed by atoms with E-state index < -0.39 is 0 Å². The van der Waals surface area contributed by atoms with E-state index >= 15 is 0 Å². The van der Waals surface area contributed by atoms with Crippen LogP contribution < -0.4 is 5.32 Å². The predicted molar refractivity (Wildman–Crippen MR) is 48.4 cm³/mol. The highest BCUT2D eigenvalue weighted by atomic mass is 16.3. The minimum absolute atomic E-state index is 0.304. The molecular weight excluding hydrogens is 138 g/mol. The van der Waals surface area contributed by atoms with Gasteiger partial charge in [0.15, 0.2) is 0 Å². The molecule has 0 aromatic carbocycles. The molecule has 0 aromatic heterocycles. The summed E-state index contributed by atoms with van der Waals surface area (Å²) < 4.78 is 0. The molecule has 0 saturated heterocycles. The van der Waals surface area contributed by atoms with Gasteiger partial charge in [-0.05, 0) is 19.8 Å². The summed E-state index contributed by atoms with van der Waals surface area (Å²) >= 11 is 0. The van der Waals surface area contributed by atoms with Gasteiger partial charge in [-0.3, -0.25) is 5.32 Å². The number of aliphatic hydroxyl groups is 1. The van der Waals surface area contributed by atoms with Crippen molar-refractivity contribution in [3.63, 3.8) is 0 Å². The summed E-state index contributed by atoms with van der Waals surface area (Å²) in [5.74, 6) is 0. The highest BCUT2D eigenvalue weighted by Gasteiger charge is 2.05. The van der Waals surface area contributed by atoms with Crippen LogP contribution in [0.4, 0.5) is 0 Å². The number of aliphatic hydroxyl groups excluding tert-OH is 1. The van der Waals surface area contributed by atoms with Gasteiger partial charge >= 0.3 is 0 Å². The van der Waals surface area contributed by atoms with Crippen molar-refractivity contribution in [2.75, 3.05) is 0 Å². The zero-order chi connectivity index (χ0) is 8.69. The Morgan fingerprint density at radius 1 is 1.18 bits per heavy atom. The van der Waals surface area contributed by atoms with Crippen molar-refractivity contribution in [2.45, 2.75) is 58.7 Å². The molecule has 2 nitrogen and oxygen atoms in total. The van der Waals surface area contributed by atoms with Gasteiger partial charge in [-0.1, -0.05) is 26.7 Å². The SMILES string of the molecule is CCCC(C)NC(O)CCC. The molecule has 0 aliphatic heterocycles. The zero-order valence-electron chi connectivity index (χ0n) is 7.93. The molecule has 0 spiro atoms. The fourth-order valence-corrected chi connectivity index (χ4v) is 1.20. The van der Waals surface area contributed by atoms with Crippen LogP contribution in [0.25, 0.3) is 0 Å². The first kappa shape index (κ1) is 10.9. The molecule has 2 heteroatoms. The summed E-state index contributed by atoms with van der Waals surface area (Å²) in [6.45, 7) is 6.35. The molecule has 0 aromatic rings. The van der Waals surface area contributed by atoms with E-state index in [9.17, 15) is 5.11 Å². The van der Waals surface area contributed by atoms with Crippen LogP contribution >= 0.6 is 0 Å². The fourth-order valence-electron chi connectivity index (χ4n) is 1.20. The minimum atomic E-state index is -0.304. The number of rotatable bonds is 6. The molecule has 0 aliphatic rings. The van der Waals surface area contributed by atoms with Crippen molar-refractivity contribution >= 4 is 0 Å². The lowest BCUT2D eigenvalue weighted by molar-refractivity contribution is 0.113. The van der Waals surface area contributed by atoms with Crippen LogP contribution in [-0.4, -0.2) is 17.4 Å². The Morgan fingerprint density at radius 2 is 1.73 bits per heavy atom. The lowest BCUT2D eigenvalue weighted by atomic mass is 10.2. The number of nitrogens with one attached hydrogen (secondary N) is 1. The largest absolute Gasteiger partial charge is 0.379 e. The minimum Gasteiger partial charge on any atom is -0.379 e. The maximum atomic E-state index is 9.34. The van der Waals surface area contributed by atoms with E-state index in [1.165, 1.54) is 6.42 Å². The summed E-state index contributed by atoms with van der Waals surface area (Å²) in [6.07, 6.45) is 3.90. The molecule has 0 bridgehead atoms. The van der Waals surface area contributed by atoms with Crippen LogP contribution in [0.5, 0.6) is 0 Å². The van der Waals surface area contributed by atoms with Gasteiger partial charge in [0.1, 0.15) is 6.23 Å². The smallest absolute Gasteiger partial charge is 0.105 e. The Balaban J connectivity index is 3.32. The van der Waals surface area contributed by atoms with Crippen LogP contribution in [0.3, 0.4) is 0 Å². The Bertz CT molecular complexity index is 75.6. The normalized spacial score (nSPS) is 16.4. The third-order valence-corrected chi connectivity index (χ3v) is 1.76. The molecule has 0 amide bonds. The van der Waals surface area contributed by atoms with Gasteiger partial charge in [-0.2, -0.15) is 0 Å². The van der Waals surface area contributed by atoms with Crippen molar-refractivity contribution in [2.24, 2.45) is 0 Å². The predicted octanol–water partition coefficient (Wildman–Crippen LogP) is 1.88. The molecule has 0 fully saturated rings. The highest BCUT2D eigenvalue weighted by Crippen LogP contribution is 1.99. The summed E-state index contributed by atoms with van der Waals surface area (Å²) in [5.41, 5.74) is 0. The highest BCUT2D eigenvalue weighted by molar-refractivity contribution is 4.61. The van der Waals surface area contributed by atoms with Crippen LogP contribution in [0, 0.1) is 0 Å². The molecule has 2 unspecified atom stereocenters. The molecule has 2 N–H and O–H groups in total. The van der Waals surface area contributed by atoms with E-state index in [0.717, 1.165) is 19.3 Å². The second-order valence-corrected chi connectivity index (χ2v) is 3.16. The zero-order valence-corrected chi connectivity index (χ0v) is 7.93.